The number of rotatable bonds is 7. The second-order valence-electron chi connectivity index (χ2n) is 4.90. The summed E-state index contributed by atoms with van der Waals surface area (Å²) in [5.74, 6) is -0.638. The first kappa shape index (κ1) is 17.7. The number of aliphatic hydroxyl groups is 1. The molecule has 0 spiro atoms. The van der Waals surface area contributed by atoms with E-state index in [-0.39, 0.29) is 11.5 Å². The van der Waals surface area contributed by atoms with Gasteiger partial charge in [0.15, 0.2) is 0 Å². The van der Waals surface area contributed by atoms with Crippen LogP contribution in [0.3, 0.4) is 0 Å². The van der Waals surface area contributed by atoms with Crippen molar-refractivity contribution >= 4 is 0 Å². The Morgan fingerprint density at radius 2 is 1.86 bits per heavy atom. The van der Waals surface area contributed by atoms with Crippen LogP contribution < -0.4 is 10.5 Å². The zero-order valence-corrected chi connectivity index (χ0v) is 11.8. The van der Waals surface area contributed by atoms with Crippen LogP contribution in [0.25, 0.3) is 0 Å². The Bertz CT molecular complexity index is 456. The van der Waals surface area contributed by atoms with Crippen LogP contribution in [0.1, 0.15) is 31.9 Å². The van der Waals surface area contributed by atoms with Crippen molar-refractivity contribution in [3.05, 3.63) is 29.8 Å². The number of ether oxygens (including phenoxy) is 1. The lowest BCUT2D eigenvalue weighted by molar-refractivity contribution is -0.253. The minimum Gasteiger partial charge on any atom is -0.428 e. The van der Waals surface area contributed by atoms with Crippen molar-refractivity contribution in [2.24, 2.45) is 11.7 Å². The number of nitrogens with two attached hydrogens (primary N) is 1. The Kier molecular flexibility index (Phi) is 5.98. The fourth-order valence-electron chi connectivity index (χ4n) is 1.82. The van der Waals surface area contributed by atoms with Crippen molar-refractivity contribution in [3.8, 4) is 5.75 Å². The van der Waals surface area contributed by atoms with Crippen LogP contribution >= 0.6 is 0 Å². The molecule has 1 aromatic carbocycles. The van der Waals surface area contributed by atoms with Crippen LogP contribution in [0, 0.1) is 5.92 Å². The van der Waals surface area contributed by atoms with Crippen molar-refractivity contribution in [1.29, 1.82) is 0 Å². The highest BCUT2D eigenvalue weighted by atomic mass is 19.3. The van der Waals surface area contributed by atoms with E-state index in [0.29, 0.717) is 6.42 Å². The molecule has 0 saturated carbocycles. The maximum Gasteiger partial charge on any atom is 0.461 e. The van der Waals surface area contributed by atoms with Gasteiger partial charge in [-0.2, -0.15) is 17.6 Å². The van der Waals surface area contributed by atoms with Gasteiger partial charge in [-0.3, -0.25) is 0 Å². The normalized spacial score (nSPS) is 16.6. The average molecular weight is 309 g/mol. The Morgan fingerprint density at radius 3 is 2.38 bits per heavy atom. The molecule has 0 amide bonds. The first-order chi connectivity index (χ1) is 9.70. The van der Waals surface area contributed by atoms with E-state index in [1.54, 1.807) is 6.92 Å². The Balaban J connectivity index is 3.04. The van der Waals surface area contributed by atoms with Gasteiger partial charge in [-0.25, -0.2) is 0 Å². The van der Waals surface area contributed by atoms with Crippen LogP contribution in [0.15, 0.2) is 24.3 Å². The van der Waals surface area contributed by atoms with Crippen molar-refractivity contribution in [2.75, 3.05) is 0 Å². The van der Waals surface area contributed by atoms with E-state index in [9.17, 15) is 22.7 Å². The molecule has 1 aromatic rings. The van der Waals surface area contributed by atoms with E-state index in [4.69, 9.17) is 5.73 Å². The highest BCUT2D eigenvalue weighted by molar-refractivity contribution is 5.36. The molecule has 21 heavy (non-hydrogen) atoms. The van der Waals surface area contributed by atoms with Gasteiger partial charge in [0.2, 0.25) is 0 Å². The minimum atomic E-state index is -4.61. The van der Waals surface area contributed by atoms with E-state index in [2.05, 4.69) is 4.74 Å². The van der Waals surface area contributed by atoms with Crippen LogP contribution in [0.5, 0.6) is 5.75 Å². The van der Waals surface area contributed by atoms with E-state index in [1.807, 2.05) is 6.92 Å². The van der Waals surface area contributed by atoms with Gasteiger partial charge in [0.1, 0.15) is 5.75 Å². The summed E-state index contributed by atoms with van der Waals surface area (Å²) in [4.78, 5) is 0. The molecule has 0 aromatic heterocycles. The fraction of sp³-hybridized carbons (Fsp3) is 0.571. The molecule has 0 aliphatic heterocycles. The third kappa shape index (κ3) is 4.31. The van der Waals surface area contributed by atoms with Gasteiger partial charge in [0, 0.05) is 5.56 Å². The second kappa shape index (κ2) is 7.09. The van der Waals surface area contributed by atoms with Crippen LogP contribution in [-0.4, -0.2) is 23.7 Å². The molecule has 3 nitrogen and oxygen atoms in total. The topological polar surface area (TPSA) is 55.5 Å². The maximum atomic E-state index is 13.0. The molecular formula is C14H19F4NO2. The quantitative estimate of drug-likeness (QED) is 0.760. The van der Waals surface area contributed by atoms with Crippen LogP contribution in [-0.2, 0) is 0 Å². The molecule has 3 atom stereocenters. The molecule has 0 aliphatic carbocycles. The molecule has 1 unspecified atom stereocenters. The number of hydrogen-bond acceptors (Lipinski definition) is 3. The predicted octanol–water partition coefficient (Wildman–Crippen LogP) is 3.33. The smallest absolute Gasteiger partial charge is 0.428 e. The minimum absolute atomic E-state index is 0.0608. The Hall–Kier alpha value is -1.34. The molecule has 0 radical (unpaired) electrons. The Morgan fingerprint density at radius 1 is 1.29 bits per heavy atom. The van der Waals surface area contributed by atoms with E-state index >= 15 is 0 Å². The molecule has 0 saturated heterocycles. The summed E-state index contributed by atoms with van der Waals surface area (Å²) in [7, 11) is 0. The molecular weight excluding hydrogens is 290 g/mol. The van der Waals surface area contributed by atoms with Crippen molar-refractivity contribution in [2.45, 2.75) is 44.9 Å². The van der Waals surface area contributed by atoms with Gasteiger partial charge in [0.05, 0.1) is 12.1 Å². The van der Waals surface area contributed by atoms with Crippen molar-refractivity contribution < 1.29 is 27.4 Å². The third-order valence-electron chi connectivity index (χ3n) is 3.37. The first-order valence-corrected chi connectivity index (χ1v) is 6.58. The van der Waals surface area contributed by atoms with Crippen LogP contribution in [0.2, 0.25) is 0 Å². The van der Waals surface area contributed by atoms with Gasteiger partial charge in [-0.1, -0.05) is 38.5 Å². The van der Waals surface area contributed by atoms with E-state index < -0.39 is 30.4 Å². The summed E-state index contributed by atoms with van der Waals surface area (Å²) in [6.45, 7) is 3.59. The maximum absolute atomic E-state index is 13.0. The van der Waals surface area contributed by atoms with Gasteiger partial charge in [0.25, 0.3) is 0 Å². The van der Waals surface area contributed by atoms with Crippen molar-refractivity contribution in [1.82, 2.24) is 0 Å². The monoisotopic (exact) mass is 309 g/mol. The fourth-order valence-corrected chi connectivity index (χ4v) is 1.82. The lowest BCUT2D eigenvalue weighted by Crippen LogP contribution is -2.36. The lowest BCUT2D eigenvalue weighted by atomic mass is 9.91. The molecule has 0 heterocycles. The van der Waals surface area contributed by atoms with E-state index in [1.165, 1.54) is 18.2 Å². The number of hydrogen-bond donors (Lipinski definition) is 2. The zero-order chi connectivity index (χ0) is 16.2. The first-order valence-electron chi connectivity index (χ1n) is 6.58. The summed E-state index contributed by atoms with van der Waals surface area (Å²) in [6.07, 6.45) is -8.94. The second-order valence-corrected chi connectivity index (χ2v) is 4.90. The average Bonchev–Trinajstić information content (AvgIpc) is 2.44. The highest BCUT2D eigenvalue weighted by Crippen LogP contribution is 2.34. The summed E-state index contributed by atoms with van der Waals surface area (Å²) < 4.78 is 54.6. The van der Waals surface area contributed by atoms with Gasteiger partial charge in [-0.05, 0) is 12.0 Å². The standard InChI is InChI=1S/C14H19F4NO2/c1-3-8(2)12(20)11(19)9-6-4-5-7-10(9)21-14(17,18)13(15)16/h4-8,11-13,20H,3,19H2,1-2H3/t8?,11-,12+/m1/s1. The van der Waals surface area contributed by atoms with E-state index in [0.717, 1.165) is 6.07 Å². The molecule has 7 heteroatoms. The number of para-hydroxylation sites is 1. The highest BCUT2D eigenvalue weighted by Gasteiger charge is 2.44. The molecule has 120 valence electrons. The van der Waals surface area contributed by atoms with Gasteiger partial charge in [-0.15, -0.1) is 0 Å². The summed E-state index contributed by atoms with van der Waals surface area (Å²) in [5.41, 5.74) is 5.91. The molecule has 1 rings (SSSR count). The predicted molar refractivity (Wildman–Crippen MR) is 70.4 cm³/mol. The number of aliphatic hydroxyl groups excluding tert-OH is 1. The lowest BCUT2D eigenvalue weighted by Gasteiger charge is -2.27. The number of alkyl halides is 4. The summed E-state index contributed by atoms with van der Waals surface area (Å²) in [6, 6.07) is 4.35. The molecule has 0 aliphatic rings. The van der Waals surface area contributed by atoms with Gasteiger partial charge >= 0.3 is 12.5 Å². The zero-order valence-electron chi connectivity index (χ0n) is 11.8. The van der Waals surface area contributed by atoms with Crippen molar-refractivity contribution in [3.63, 3.8) is 0 Å². The largest absolute Gasteiger partial charge is 0.461 e. The SMILES string of the molecule is CCC(C)[C@H](O)[C@H](N)c1ccccc1OC(F)(F)C(F)F. The molecule has 0 bridgehead atoms. The third-order valence-corrected chi connectivity index (χ3v) is 3.37. The number of halogens is 4. The summed E-state index contributed by atoms with van der Waals surface area (Å²) >= 11 is 0. The molecule has 0 fully saturated rings. The number of benzene rings is 1. The summed E-state index contributed by atoms with van der Waals surface area (Å²) in [5, 5.41) is 10.1. The van der Waals surface area contributed by atoms with Crippen LogP contribution in [0.4, 0.5) is 17.6 Å². The Labute approximate surface area is 120 Å². The van der Waals surface area contributed by atoms with Gasteiger partial charge < -0.3 is 15.6 Å². The molecule has 3 N–H and O–H groups in total.